The van der Waals surface area contributed by atoms with E-state index in [-0.39, 0.29) is 24.3 Å². The molecule has 5 nitrogen and oxygen atoms in total. The molecule has 1 aromatic heterocycles. The molecule has 0 aliphatic heterocycles. The quantitative estimate of drug-likeness (QED) is 0.922. The number of aromatic nitrogens is 1. The summed E-state index contributed by atoms with van der Waals surface area (Å²) in [4.78, 5) is 12.1. The molecule has 2 aromatic rings. The van der Waals surface area contributed by atoms with Crippen molar-refractivity contribution in [1.29, 1.82) is 0 Å². The first-order valence-electron chi connectivity index (χ1n) is 6.70. The Bertz CT molecular complexity index is 666. The maximum absolute atomic E-state index is 13.4. The third-order valence-corrected chi connectivity index (χ3v) is 3.02. The first-order valence-corrected chi connectivity index (χ1v) is 6.70. The van der Waals surface area contributed by atoms with Gasteiger partial charge < -0.3 is 14.6 Å². The lowest BCUT2D eigenvalue weighted by Crippen LogP contribution is -2.37. The number of nitrogens with one attached hydrogen (secondary N) is 1. The minimum atomic E-state index is -0.788. The summed E-state index contributed by atoms with van der Waals surface area (Å²) in [6, 6.07) is 2.66. The lowest BCUT2D eigenvalue weighted by Gasteiger charge is -2.15. The van der Waals surface area contributed by atoms with Gasteiger partial charge >= 0.3 is 0 Å². The number of ether oxygens (including phenoxy) is 1. The topological polar surface area (TPSA) is 64.4 Å². The Morgan fingerprint density at radius 1 is 1.41 bits per heavy atom. The zero-order valence-corrected chi connectivity index (χ0v) is 12.4. The third-order valence-electron chi connectivity index (χ3n) is 3.02. The number of rotatable bonds is 5. The first-order chi connectivity index (χ1) is 10.4. The lowest BCUT2D eigenvalue weighted by molar-refractivity contribution is 0.0924. The standard InChI is InChI=1S/C15H16F2N2O3/c1-8(7-21-13-5-4-11(16)6-12(13)17)18-15(20)14-9(2)19-22-10(14)3/h4-6,8H,7H2,1-3H3,(H,18,20)/t8-/m1/s1. The number of aryl methyl sites for hydroxylation is 2. The van der Waals surface area contributed by atoms with Gasteiger partial charge in [0.05, 0.1) is 11.7 Å². The van der Waals surface area contributed by atoms with Crippen molar-refractivity contribution in [3.8, 4) is 5.75 Å². The van der Waals surface area contributed by atoms with E-state index in [1.165, 1.54) is 6.07 Å². The molecular weight excluding hydrogens is 294 g/mol. The summed E-state index contributed by atoms with van der Waals surface area (Å²) in [6.07, 6.45) is 0. The van der Waals surface area contributed by atoms with Crippen LogP contribution < -0.4 is 10.1 Å². The minimum absolute atomic E-state index is 0.0394. The molecular formula is C15H16F2N2O3. The Kier molecular flexibility index (Phi) is 4.75. The molecule has 1 N–H and O–H groups in total. The van der Waals surface area contributed by atoms with Crippen LogP contribution >= 0.6 is 0 Å². The van der Waals surface area contributed by atoms with Crippen LogP contribution in [0.1, 0.15) is 28.7 Å². The molecule has 2 rings (SSSR count). The van der Waals surface area contributed by atoms with Gasteiger partial charge in [-0.3, -0.25) is 4.79 Å². The van der Waals surface area contributed by atoms with Crippen molar-refractivity contribution in [1.82, 2.24) is 10.5 Å². The maximum Gasteiger partial charge on any atom is 0.257 e. The van der Waals surface area contributed by atoms with Crippen LogP contribution in [0.2, 0.25) is 0 Å². The van der Waals surface area contributed by atoms with E-state index < -0.39 is 11.6 Å². The second-order valence-corrected chi connectivity index (χ2v) is 4.96. The molecule has 0 aliphatic rings. The molecule has 0 fully saturated rings. The molecule has 0 bridgehead atoms. The molecule has 1 aromatic carbocycles. The summed E-state index contributed by atoms with van der Waals surface area (Å²) in [7, 11) is 0. The highest BCUT2D eigenvalue weighted by atomic mass is 19.1. The zero-order valence-electron chi connectivity index (χ0n) is 12.4. The van der Waals surface area contributed by atoms with Gasteiger partial charge in [0.15, 0.2) is 11.6 Å². The molecule has 1 amide bonds. The number of hydrogen-bond donors (Lipinski definition) is 1. The van der Waals surface area contributed by atoms with Gasteiger partial charge in [0.1, 0.15) is 23.7 Å². The van der Waals surface area contributed by atoms with Crippen LogP contribution in [-0.2, 0) is 0 Å². The zero-order chi connectivity index (χ0) is 16.3. The predicted molar refractivity (Wildman–Crippen MR) is 74.8 cm³/mol. The van der Waals surface area contributed by atoms with Crippen LogP contribution in [0.25, 0.3) is 0 Å². The van der Waals surface area contributed by atoms with Gasteiger partial charge in [0.2, 0.25) is 0 Å². The number of carbonyl (C=O) groups is 1. The van der Waals surface area contributed by atoms with Crippen molar-refractivity contribution in [3.05, 3.63) is 46.9 Å². The smallest absolute Gasteiger partial charge is 0.257 e. The van der Waals surface area contributed by atoms with E-state index >= 15 is 0 Å². The fourth-order valence-electron chi connectivity index (χ4n) is 1.95. The van der Waals surface area contributed by atoms with E-state index in [1.807, 2.05) is 0 Å². The van der Waals surface area contributed by atoms with Crippen molar-refractivity contribution < 1.29 is 22.8 Å². The second kappa shape index (κ2) is 6.55. The molecule has 1 heterocycles. The number of benzene rings is 1. The monoisotopic (exact) mass is 310 g/mol. The van der Waals surface area contributed by atoms with Crippen molar-refractivity contribution in [2.45, 2.75) is 26.8 Å². The van der Waals surface area contributed by atoms with E-state index in [0.29, 0.717) is 17.0 Å². The van der Waals surface area contributed by atoms with Crippen LogP contribution in [0.4, 0.5) is 8.78 Å². The molecule has 7 heteroatoms. The predicted octanol–water partition coefficient (Wildman–Crippen LogP) is 2.77. The Labute approximate surface area is 126 Å². The summed E-state index contributed by atoms with van der Waals surface area (Å²) >= 11 is 0. The number of hydrogen-bond acceptors (Lipinski definition) is 4. The molecule has 1 atom stereocenters. The highest BCUT2D eigenvalue weighted by Crippen LogP contribution is 2.18. The Hall–Kier alpha value is -2.44. The molecule has 0 unspecified atom stereocenters. The summed E-state index contributed by atoms with van der Waals surface area (Å²) < 4.78 is 36.4. The van der Waals surface area contributed by atoms with E-state index in [2.05, 4.69) is 10.5 Å². The number of amides is 1. The van der Waals surface area contributed by atoms with Gasteiger partial charge in [0.25, 0.3) is 5.91 Å². The van der Waals surface area contributed by atoms with E-state index in [1.54, 1.807) is 20.8 Å². The summed E-state index contributed by atoms with van der Waals surface area (Å²) in [5.41, 5.74) is 0.868. The van der Waals surface area contributed by atoms with E-state index in [0.717, 1.165) is 12.1 Å². The van der Waals surface area contributed by atoms with Gasteiger partial charge in [-0.15, -0.1) is 0 Å². The lowest BCUT2D eigenvalue weighted by atomic mass is 10.2. The SMILES string of the molecule is Cc1noc(C)c1C(=O)N[C@H](C)COc1ccc(F)cc1F. The number of halogens is 2. The van der Waals surface area contributed by atoms with Crippen molar-refractivity contribution in [2.24, 2.45) is 0 Å². The average molecular weight is 310 g/mol. The average Bonchev–Trinajstić information content (AvgIpc) is 2.77. The van der Waals surface area contributed by atoms with Crippen LogP contribution in [0, 0.1) is 25.5 Å². The summed E-state index contributed by atoms with van der Waals surface area (Å²) in [5.74, 6) is -1.45. The number of carbonyl (C=O) groups excluding carboxylic acids is 1. The summed E-state index contributed by atoms with van der Waals surface area (Å²) in [5, 5.41) is 6.41. The van der Waals surface area contributed by atoms with E-state index in [9.17, 15) is 13.6 Å². The van der Waals surface area contributed by atoms with Gasteiger partial charge in [-0.2, -0.15) is 0 Å². The highest BCUT2D eigenvalue weighted by molar-refractivity contribution is 5.96. The molecule has 0 radical (unpaired) electrons. The van der Waals surface area contributed by atoms with Crippen LogP contribution in [-0.4, -0.2) is 23.7 Å². The second-order valence-electron chi connectivity index (χ2n) is 4.96. The summed E-state index contributed by atoms with van der Waals surface area (Å²) in [6.45, 7) is 5.06. The molecule has 118 valence electrons. The normalized spacial score (nSPS) is 12.0. The maximum atomic E-state index is 13.4. The number of nitrogens with zero attached hydrogens (tertiary/aromatic N) is 1. The third kappa shape index (κ3) is 3.60. The van der Waals surface area contributed by atoms with Gasteiger partial charge in [0, 0.05) is 6.07 Å². The van der Waals surface area contributed by atoms with Crippen molar-refractivity contribution in [3.63, 3.8) is 0 Å². The molecule has 0 aliphatic carbocycles. The van der Waals surface area contributed by atoms with Crippen LogP contribution in [0.3, 0.4) is 0 Å². The molecule has 22 heavy (non-hydrogen) atoms. The highest BCUT2D eigenvalue weighted by Gasteiger charge is 2.19. The molecule has 0 saturated heterocycles. The van der Waals surface area contributed by atoms with Gasteiger partial charge in [-0.25, -0.2) is 8.78 Å². The van der Waals surface area contributed by atoms with Gasteiger partial charge in [-0.1, -0.05) is 5.16 Å². The van der Waals surface area contributed by atoms with Crippen molar-refractivity contribution in [2.75, 3.05) is 6.61 Å². The first kappa shape index (κ1) is 15.9. The van der Waals surface area contributed by atoms with Gasteiger partial charge in [-0.05, 0) is 32.9 Å². The fourth-order valence-corrected chi connectivity index (χ4v) is 1.95. The van der Waals surface area contributed by atoms with Crippen molar-refractivity contribution >= 4 is 5.91 Å². The molecule has 0 saturated carbocycles. The Balaban J connectivity index is 1.93. The van der Waals surface area contributed by atoms with E-state index in [4.69, 9.17) is 9.26 Å². The minimum Gasteiger partial charge on any atom is -0.488 e. The largest absolute Gasteiger partial charge is 0.488 e. The van der Waals surface area contributed by atoms with Crippen LogP contribution in [0.15, 0.2) is 22.7 Å². The molecule has 0 spiro atoms. The Morgan fingerprint density at radius 3 is 2.73 bits per heavy atom. The fraction of sp³-hybridized carbons (Fsp3) is 0.333. The van der Waals surface area contributed by atoms with Crippen LogP contribution in [0.5, 0.6) is 5.75 Å². The Morgan fingerprint density at radius 2 is 2.14 bits per heavy atom.